The van der Waals surface area contributed by atoms with Crippen LogP contribution in [0.1, 0.15) is 18.5 Å². The predicted octanol–water partition coefficient (Wildman–Crippen LogP) is 4.19. The molecule has 1 aromatic heterocycles. The highest BCUT2D eigenvalue weighted by Gasteiger charge is 2.32. The molecule has 1 aliphatic heterocycles. The molecule has 2 heterocycles. The Morgan fingerprint density at radius 2 is 1.88 bits per heavy atom. The van der Waals surface area contributed by atoms with Gasteiger partial charge in [0.05, 0.1) is 12.8 Å². The van der Waals surface area contributed by atoms with Crippen LogP contribution >= 0.6 is 0 Å². The smallest absolute Gasteiger partial charge is 0.433 e. The first-order chi connectivity index (χ1) is 12.0. The van der Waals surface area contributed by atoms with E-state index in [0.29, 0.717) is 5.69 Å². The highest BCUT2D eigenvalue weighted by atomic mass is 19.4. The third-order valence-corrected chi connectivity index (χ3v) is 4.34. The van der Waals surface area contributed by atoms with E-state index in [1.165, 1.54) is 6.20 Å². The second-order valence-corrected chi connectivity index (χ2v) is 6.01. The molecule has 1 aromatic carbocycles. The fourth-order valence-electron chi connectivity index (χ4n) is 3.07. The molecule has 1 saturated heterocycles. The second-order valence-electron chi connectivity index (χ2n) is 6.01. The minimum atomic E-state index is -4.43. The lowest BCUT2D eigenvalue weighted by atomic mass is 10.0. The van der Waals surface area contributed by atoms with Gasteiger partial charge in [0.2, 0.25) is 0 Å². The minimum Gasteiger partial charge on any atom is -0.495 e. The van der Waals surface area contributed by atoms with Crippen LogP contribution in [-0.4, -0.2) is 31.2 Å². The van der Waals surface area contributed by atoms with Crippen LogP contribution in [-0.2, 0) is 6.18 Å². The molecule has 2 aromatic rings. The van der Waals surface area contributed by atoms with Gasteiger partial charge in [0.1, 0.15) is 11.4 Å². The van der Waals surface area contributed by atoms with E-state index >= 15 is 0 Å². The van der Waals surface area contributed by atoms with E-state index in [4.69, 9.17) is 4.74 Å². The lowest BCUT2D eigenvalue weighted by Gasteiger charge is -2.35. The van der Waals surface area contributed by atoms with Crippen LogP contribution in [0.5, 0.6) is 5.75 Å². The van der Waals surface area contributed by atoms with Gasteiger partial charge in [-0.3, -0.25) is 4.98 Å². The van der Waals surface area contributed by atoms with Crippen molar-refractivity contribution in [3.63, 3.8) is 0 Å². The summed E-state index contributed by atoms with van der Waals surface area (Å²) in [5.41, 5.74) is 0.633. The zero-order valence-corrected chi connectivity index (χ0v) is 13.9. The quantitative estimate of drug-likeness (QED) is 0.896. The van der Waals surface area contributed by atoms with Crippen molar-refractivity contribution >= 4 is 11.4 Å². The lowest BCUT2D eigenvalue weighted by molar-refractivity contribution is -0.141. The van der Waals surface area contributed by atoms with Crippen molar-refractivity contribution in [2.75, 3.05) is 30.4 Å². The summed E-state index contributed by atoms with van der Waals surface area (Å²) in [5.74, 6) is 0.831. The molecule has 0 saturated carbocycles. The first kappa shape index (κ1) is 17.4. The van der Waals surface area contributed by atoms with Crippen molar-refractivity contribution in [3.8, 4) is 5.75 Å². The number of pyridine rings is 1. The monoisotopic (exact) mass is 351 g/mol. The van der Waals surface area contributed by atoms with Gasteiger partial charge in [0.15, 0.2) is 0 Å². The van der Waals surface area contributed by atoms with E-state index in [1.807, 2.05) is 24.3 Å². The van der Waals surface area contributed by atoms with Gasteiger partial charge in [0.25, 0.3) is 0 Å². The molecule has 0 bridgehead atoms. The van der Waals surface area contributed by atoms with Crippen LogP contribution in [0.25, 0.3) is 0 Å². The van der Waals surface area contributed by atoms with Crippen molar-refractivity contribution in [1.29, 1.82) is 0 Å². The average Bonchev–Trinajstić information content (AvgIpc) is 2.62. The molecule has 1 aliphatic rings. The molecule has 0 atom stereocenters. The van der Waals surface area contributed by atoms with Crippen LogP contribution in [0.3, 0.4) is 0 Å². The lowest BCUT2D eigenvalue weighted by Crippen LogP contribution is -2.39. The number of methoxy groups -OCH3 is 1. The fraction of sp³-hybridized carbons (Fsp3) is 0.389. The normalized spacial score (nSPS) is 15.9. The Morgan fingerprint density at radius 1 is 1.16 bits per heavy atom. The number of hydrogen-bond donors (Lipinski definition) is 1. The topological polar surface area (TPSA) is 37.4 Å². The number of para-hydroxylation sites is 2. The molecule has 0 amide bonds. The van der Waals surface area contributed by atoms with Crippen LogP contribution in [0.2, 0.25) is 0 Å². The van der Waals surface area contributed by atoms with Gasteiger partial charge in [-0.05, 0) is 37.1 Å². The number of benzene rings is 1. The van der Waals surface area contributed by atoms with Crippen molar-refractivity contribution < 1.29 is 17.9 Å². The molecule has 0 radical (unpaired) electrons. The van der Waals surface area contributed by atoms with Gasteiger partial charge < -0.3 is 15.0 Å². The first-order valence-electron chi connectivity index (χ1n) is 8.15. The molecule has 0 spiro atoms. The maximum absolute atomic E-state index is 12.7. The van der Waals surface area contributed by atoms with Gasteiger partial charge in [-0.1, -0.05) is 12.1 Å². The van der Waals surface area contributed by atoms with E-state index in [1.54, 1.807) is 13.2 Å². The molecule has 7 heteroatoms. The Bertz CT molecular complexity index is 713. The summed E-state index contributed by atoms with van der Waals surface area (Å²) in [6.07, 6.45) is -1.57. The molecular weight excluding hydrogens is 331 g/mol. The summed E-state index contributed by atoms with van der Waals surface area (Å²) in [7, 11) is 1.65. The van der Waals surface area contributed by atoms with Crippen molar-refractivity contribution in [1.82, 2.24) is 4.98 Å². The number of rotatable bonds is 4. The summed E-state index contributed by atoms with van der Waals surface area (Å²) >= 11 is 0. The number of ether oxygens (including phenoxy) is 1. The van der Waals surface area contributed by atoms with E-state index in [2.05, 4.69) is 15.2 Å². The number of nitrogens with one attached hydrogen (secondary N) is 1. The third kappa shape index (κ3) is 4.15. The van der Waals surface area contributed by atoms with Crippen LogP contribution in [0, 0.1) is 0 Å². The van der Waals surface area contributed by atoms with E-state index < -0.39 is 11.9 Å². The Kier molecular flexibility index (Phi) is 5.01. The van der Waals surface area contributed by atoms with Gasteiger partial charge in [0, 0.05) is 31.0 Å². The number of anilines is 2. The van der Waals surface area contributed by atoms with E-state index in [9.17, 15) is 13.2 Å². The molecule has 3 rings (SSSR count). The van der Waals surface area contributed by atoms with Crippen LogP contribution in [0.4, 0.5) is 24.5 Å². The summed E-state index contributed by atoms with van der Waals surface area (Å²) in [5, 5.41) is 3.20. The second kappa shape index (κ2) is 7.21. The number of nitrogens with zero attached hydrogens (tertiary/aromatic N) is 2. The van der Waals surface area contributed by atoms with Gasteiger partial charge in [-0.2, -0.15) is 13.2 Å². The Balaban J connectivity index is 1.62. The van der Waals surface area contributed by atoms with Crippen molar-refractivity contribution in [2.24, 2.45) is 0 Å². The zero-order chi connectivity index (χ0) is 17.9. The molecule has 1 N–H and O–H groups in total. The maximum atomic E-state index is 12.7. The standard InChI is InChI=1S/C18H20F3N3O/c1-25-16-5-3-2-4-15(16)24-10-7-13(8-11-24)23-14-6-9-22-17(12-14)18(19,20)21/h2-6,9,12-13H,7-8,10-11H2,1H3,(H,22,23). The molecular formula is C18H20F3N3O. The van der Waals surface area contributed by atoms with Gasteiger partial charge in [-0.15, -0.1) is 0 Å². The average molecular weight is 351 g/mol. The van der Waals surface area contributed by atoms with Crippen LogP contribution < -0.4 is 15.0 Å². The molecule has 134 valence electrons. The van der Waals surface area contributed by atoms with Gasteiger partial charge >= 0.3 is 6.18 Å². The summed E-state index contributed by atoms with van der Waals surface area (Å²) in [6.45, 7) is 1.63. The summed E-state index contributed by atoms with van der Waals surface area (Å²) < 4.78 is 43.6. The molecule has 0 unspecified atom stereocenters. The highest BCUT2D eigenvalue weighted by molar-refractivity contribution is 5.58. The number of halogens is 3. The molecule has 25 heavy (non-hydrogen) atoms. The summed E-state index contributed by atoms with van der Waals surface area (Å²) in [6, 6.07) is 10.6. The first-order valence-corrected chi connectivity index (χ1v) is 8.15. The Hall–Kier alpha value is -2.44. The third-order valence-electron chi connectivity index (χ3n) is 4.34. The van der Waals surface area contributed by atoms with E-state index in [0.717, 1.165) is 43.4 Å². The zero-order valence-electron chi connectivity index (χ0n) is 13.9. The van der Waals surface area contributed by atoms with Crippen molar-refractivity contribution in [2.45, 2.75) is 25.1 Å². The SMILES string of the molecule is COc1ccccc1N1CCC(Nc2ccnc(C(F)(F)F)c2)CC1. The molecule has 4 nitrogen and oxygen atoms in total. The number of aromatic nitrogens is 1. The largest absolute Gasteiger partial charge is 0.495 e. The highest BCUT2D eigenvalue weighted by Crippen LogP contribution is 2.31. The Morgan fingerprint density at radius 3 is 2.56 bits per heavy atom. The fourth-order valence-corrected chi connectivity index (χ4v) is 3.07. The van der Waals surface area contributed by atoms with Crippen molar-refractivity contribution in [3.05, 3.63) is 48.3 Å². The predicted molar refractivity (Wildman–Crippen MR) is 91.1 cm³/mol. The van der Waals surface area contributed by atoms with Gasteiger partial charge in [-0.25, -0.2) is 0 Å². The summed E-state index contributed by atoms with van der Waals surface area (Å²) in [4.78, 5) is 5.63. The minimum absolute atomic E-state index is 0.134. The van der Waals surface area contributed by atoms with Crippen LogP contribution in [0.15, 0.2) is 42.6 Å². The molecule has 0 aliphatic carbocycles. The number of piperidine rings is 1. The Labute approximate surface area is 144 Å². The van der Waals surface area contributed by atoms with E-state index in [-0.39, 0.29) is 6.04 Å². The maximum Gasteiger partial charge on any atom is 0.433 e. The number of alkyl halides is 3. The molecule has 1 fully saturated rings. The number of hydrogen-bond acceptors (Lipinski definition) is 4.